The fourth-order valence-electron chi connectivity index (χ4n) is 2.37. The third-order valence-electron chi connectivity index (χ3n) is 3.72. The highest BCUT2D eigenvalue weighted by molar-refractivity contribution is 8.18. The van der Waals surface area contributed by atoms with Crippen LogP contribution >= 0.6 is 11.8 Å². The third kappa shape index (κ3) is 4.29. The van der Waals surface area contributed by atoms with E-state index in [-0.39, 0.29) is 11.5 Å². The van der Waals surface area contributed by atoms with Gasteiger partial charge in [0, 0.05) is 5.56 Å². The molecule has 2 aromatic rings. The Kier molecular flexibility index (Phi) is 5.46. The first-order chi connectivity index (χ1) is 13.0. The van der Waals surface area contributed by atoms with Crippen LogP contribution in [0.25, 0.3) is 6.08 Å². The third-order valence-corrected chi connectivity index (χ3v) is 4.63. The molecule has 0 saturated carbocycles. The van der Waals surface area contributed by atoms with E-state index in [0.717, 1.165) is 0 Å². The maximum absolute atomic E-state index is 12.2. The number of carboxylic acid groups (broad SMARTS) is 1. The van der Waals surface area contributed by atoms with Gasteiger partial charge in [0.15, 0.2) is 5.17 Å². The molecular formula is C19H16N2O5S. The standard InChI is InChI=1S/C19H16N2O5S/c1-25-14-7-8-15(26-2)12(9-14)10-16-17(22)21-19(27-16)20-13-5-3-11(4-6-13)18(23)24/h3-10H,1-2H3,(H,23,24)(H,20,21,22)/b16-10-. The summed E-state index contributed by atoms with van der Waals surface area (Å²) >= 11 is 1.19. The average Bonchev–Trinajstić information content (AvgIpc) is 3.01. The van der Waals surface area contributed by atoms with E-state index in [0.29, 0.717) is 32.8 Å². The van der Waals surface area contributed by atoms with Crippen molar-refractivity contribution in [2.45, 2.75) is 0 Å². The quantitative estimate of drug-likeness (QED) is 0.768. The van der Waals surface area contributed by atoms with Gasteiger partial charge >= 0.3 is 5.97 Å². The van der Waals surface area contributed by atoms with Gasteiger partial charge in [-0.05, 0) is 60.3 Å². The zero-order chi connectivity index (χ0) is 19.4. The highest BCUT2D eigenvalue weighted by atomic mass is 32.2. The van der Waals surface area contributed by atoms with Gasteiger partial charge in [0.1, 0.15) is 11.5 Å². The van der Waals surface area contributed by atoms with Crippen molar-refractivity contribution in [2.24, 2.45) is 4.99 Å². The molecule has 2 N–H and O–H groups in total. The number of nitrogens with one attached hydrogen (secondary N) is 1. The molecule has 1 heterocycles. The van der Waals surface area contributed by atoms with E-state index in [9.17, 15) is 9.59 Å². The van der Waals surface area contributed by atoms with Crippen LogP contribution in [0.1, 0.15) is 15.9 Å². The summed E-state index contributed by atoms with van der Waals surface area (Å²) in [6, 6.07) is 11.4. The summed E-state index contributed by atoms with van der Waals surface area (Å²) in [5, 5.41) is 12.0. The fourth-order valence-corrected chi connectivity index (χ4v) is 3.20. The van der Waals surface area contributed by atoms with Crippen molar-refractivity contribution in [2.75, 3.05) is 14.2 Å². The molecule has 1 amide bonds. The molecule has 0 aromatic heterocycles. The van der Waals surface area contributed by atoms with E-state index in [2.05, 4.69) is 10.3 Å². The number of rotatable bonds is 5. The molecule has 2 aromatic carbocycles. The number of carboxylic acids is 1. The van der Waals surface area contributed by atoms with Crippen LogP contribution < -0.4 is 14.8 Å². The van der Waals surface area contributed by atoms with Crippen LogP contribution in [0.5, 0.6) is 11.5 Å². The van der Waals surface area contributed by atoms with Crippen LogP contribution in [0.4, 0.5) is 5.69 Å². The number of amides is 1. The number of hydrogen-bond acceptors (Lipinski definition) is 6. The van der Waals surface area contributed by atoms with Gasteiger partial charge in [0.25, 0.3) is 5.91 Å². The topological polar surface area (TPSA) is 97.2 Å². The molecule has 0 atom stereocenters. The Morgan fingerprint density at radius 3 is 2.52 bits per heavy atom. The lowest BCUT2D eigenvalue weighted by atomic mass is 10.1. The summed E-state index contributed by atoms with van der Waals surface area (Å²) < 4.78 is 10.5. The average molecular weight is 384 g/mol. The van der Waals surface area contributed by atoms with Gasteiger partial charge in [-0.15, -0.1) is 0 Å². The van der Waals surface area contributed by atoms with Crippen LogP contribution in [0.2, 0.25) is 0 Å². The Labute approximate surface area is 159 Å². The van der Waals surface area contributed by atoms with Gasteiger partial charge in [-0.2, -0.15) is 0 Å². The Hall–Kier alpha value is -3.26. The molecule has 138 valence electrons. The molecule has 1 aliphatic rings. The Balaban J connectivity index is 1.85. The summed E-state index contributed by atoms with van der Waals surface area (Å²) in [5.41, 5.74) is 1.43. The summed E-state index contributed by atoms with van der Waals surface area (Å²) in [4.78, 5) is 27.9. The van der Waals surface area contributed by atoms with Crippen molar-refractivity contribution in [3.05, 3.63) is 58.5 Å². The molecule has 0 radical (unpaired) electrons. The number of aromatic carboxylic acids is 1. The number of hydrogen-bond donors (Lipinski definition) is 2. The molecule has 3 rings (SSSR count). The van der Waals surface area contributed by atoms with E-state index >= 15 is 0 Å². The first kappa shape index (κ1) is 18.5. The second kappa shape index (κ2) is 7.96. The lowest BCUT2D eigenvalue weighted by Crippen LogP contribution is -2.19. The number of aliphatic imine (C=N–C) groups is 1. The van der Waals surface area contributed by atoms with Gasteiger partial charge in [0.2, 0.25) is 0 Å². The predicted molar refractivity (Wildman–Crippen MR) is 104 cm³/mol. The van der Waals surface area contributed by atoms with E-state index in [1.54, 1.807) is 50.6 Å². The van der Waals surface area contributed by atoms with Gasteiger partial charge < -0.3 is 19.9 Å². The van der Waals surface area contributed by atoms with Crippen molar-refractivity contribution in [1.29, 1.82) is 0 Å². The van der Waals surface area contributed by atoms with Crippen LogP contribution in [-0.2, 0) is 4.79 Å². The lowest BCUT2D eigenvalue weighted by Gasteiger charge is -2.07. The highest BCUT2D eigenvalue weighted by Gasteiger charge is 2.24. The summed E-state index contributed by atoms with van der Waals surface area (Å²) in [6.45, 7) is 0. The first-order valence-electron chi connectivity index (χ1n) is 7.85. The van der Waals surface area contributed by atoms with Gasteiger partial charge in [-0.3, -0.25) is 4.79 Å². The van der Waals surface area contributed by atoms with Crippen molar-refractivity contribution in [1.82, 2.24) is 5.32 Å². The SMILES string of the molecule is COc1ccc(OC)c(/C=C2\SC(=Nc3ccc(C(=O)O)cc3)NC2=O)c1. The van der Waals surface area contributed by atoms with Crippen LogP contribution in [0.3, 0.4) is 0 Å². The maximum Gasteiger partial charge on any atom is 0.335 e. The second-order valence-corrected chi connectivity index (χ2v) is 6.47. The molecule has 1 aliphatic heterocycles. The van der Waals surface area contributed by atoms with Gasteiger partial charge in [-0.1, -0.05) is 0 Å². The number of thioether (sulfide) groups is 1. The summed E-state index contributed by atoms with van der Waals surface area (Å²) in [6.07, 6.45) is 1.71. The zero-order valence-corrected chi connectivity index (χ0v) is 15.4. The molecular weight excluding hydrogens is 368 g/mol. The number of benzene rings is 2. The molecule has 1 fully saturated rings. The van der Waals surface area contributed by atoms with Gasteiger partial charge in [0.05, 0.1) is 30.4 Å². The Bertz CT molecular complexity index is 951. The second-order valence-electron chi connectivity index (χ2n) is 5.44. The Morgan fingerprint density at radius 1 is 1.15 bits per heavy atom. The van der Waals surface area contributed by atoms with E-state index in [1.807, 2.05) is 0 Å². The predicted octanol–water partition coefficient (Wildman–Crippen LogP) is 3.29. The van der Waals surface area contributed by atoms with E-state index < -0.39 is 5.97 Å². The minimum atomic E-state index is -1.00. The number of carbonyl (C=O) groups excluding carboxylic acids is 1. The minimum Gasteiger partial charge on any atom is -0.497 e. The summed E-state index contributed by atoms with van der Waals surface area (Å²) in [7, 11) is 3.12. The molecule has 0 unspecified atom stereocenters. The smallest absolute Gasteiger partial charge is 0.335 e. The molecule has 0 spiro atoms. The normalized spacial score (nSPS) is 16.4. The first-order valence-corrected chi connectivity index (χ1v) is 8.67. The fraction of sp³-hybridized carbons (Fsp3) is 0.105. The van der Waals surface area contributed by atoms with E-state index in [1.165, 1.54) is 23.9 Å². The van der Waals surface area contributed by atoms with Crippen molar-refractivity contribution in [3.8, 4) is 11.5 Å². The van der Waals surface area contributed by atoms with Crippen LogP contribution in [0, 0.1) is 0 Å². The molecule has 8 heteroatoms. The molecule has 1 saturated heterocycles. The van der Waals surface area contributed by atoms with Crippen molar-refractivity contribution in [3.63, 3.8) is 0 Å². The van der Waals surface area contributed by atoms with E-state index in [4.69, 9.17) is 14.6 Å². The maximum atomic E-state index is 12.2. The number of nitrogens with zero attached hydrogens (tertiary/aromatic N) is 1. The largest absolute Gasteiger partial charge is 0.497 e. The number of methoxy groups -OCH3 is 2. The Morgan fingerprint density at radius 2 is 1.89 bits per heavy atom. The van der Waals surface area contributed by atoms with Crippen LogP contribution in [-0.4, -0.2) is 36.4 Å². The number of carbonyl (C=O) groups is 2. The van der Waals surface area contributed by atoms with Crippen LogP contribution in [0.15, 0.2) is 52.4 Å². The van der Waals surface area contributed by atoms with Gasteiger partial charge in [-0.25, -0.2) is 9.79 Å². The van der Waals surface area contributed by atoms with Crippen molar-refractivity contribution >= 4 is 40.6 Å². The van der Waals surface area contributed by atoms with Crippen molar-refractivity contribution < 1.29 is 24.2 Å². The monoisotopic (exact) mass is 384 g/mol. The minimum absolute atomic E-state index is 0.174. The molecule has 0 bridgehead atoms. The summed E-state index contributed by atoms with van der Waals surface area (Å²) in [5.74, 6) is -0.00852. The zero-order valence-electron chi connectivity index (χ0n) is 14.6. The molecule has 7 nitrogen and oxygen atoms in total. The highest BCUT2D eigenvalue weighted by Crippen LogP contribution is 2.32. The molecule has 0 aliphatic carbocycles. The number of ether oxygens (including phenoxy) is 2. The lowest BCUT2D eigenvalue weighted by molar-refractivity contribution is -0.115. The number of amidine groups is 1. The molecule has 27 heavy (non-hydrogen) atoms.